The van der Waals surface area contributed by atoms with Gasteiger partial charge in [-0.2, -0.15) is 0 Å². The number of aliphatic carboxylic acids is 1. The van der Waals surface area contributed by atoms with E-state index in [-0.39, 0.29) is 16.6 Å². The van der Waals surface area contributed by atoms with Crippen LogP contribution in [0.25, 0.3) is 0 Å². The molecule has 0 saturated carbocycles. The van der Waals surface area contributed by atoms with Gasteiger partial charge >= 0.3 is 5.97 Å². The van der Waals surface area contributed by atoms with Crippen molar-refractivity contribution in [2.75, 3.05) is 25.0 Å². The van der Waals surface area contributed by atoms with Gasteiger partial charge in [-0.05, 0) is 12.1 Å². The maximum Gasteiger partial charge on any atom is 0.335 e. The van der Waals surface area contributed by atoms with Gasteiger partial charge in [-0.15, -0.1) is 0 Å². The minimum atomic E-state index is -1.09. The van der Waals surface area contributed by atoms with Crippen molar-refractivity contribution in [2.24, 2.45) is 4.99 Å². The summed E-state index contributed by atoms with van der Waals surface area (Å²) in [5, 5.41) is 19.9. The van der Waals surface area contributed by atoms with Gasteiger partial charge in [0.05, 0.1) is 11.6 Å². The Morgan fingerprint density at radius 2 is 2.24 bits per heavy atom. The normalized spacial score (nSPS) is 23.9. The third-order valence-corrected chi connectivity index (χ3v) is 5.03. The minimum absolute atomic E-state index is 0.0696. The summed E-state index contributed by atoms with van der Waals surface area (Å²) in [4.78, 5) is 16.4. The predicted octanol–water partition coefficient (Wildman–Crippen LogP) is 1.82. The molecular weight excluding hydrogens is 415 g/mol. The van der Waals surface area contributed by atoms with Crippen LogP contribution in [-0.4, -0.2) is 47.9 Å². The van der Waals surface area contributed by atoms with Crippen LogP contribution in [0, 0.1) is 5.82 Å². The zero-order valence-corrected chi connectivity index (χ0v) is 15.5. The van der Waals surface area contributed by atoms with E-state index in [0.29, 0.717) is 29.0 Å². The minimum Gasteiger partial charge on any atom is -0.478 e. The number of hydrogen-bond donors (Lipinski definition) is 4. The Bertz CT molecular complexity index is 750. The van der Waals surface area contributed by atoms with E-state index in [2.05, 4.69) is 36.9 Å². The molecule has 1 saturated heterocycles. The number of benzene rings is 1. The molecule has 0 bridgehead atoms. The number of carboxylic acids is 1. The second kappa shape index (κ2) is 7.82. The quantitative estimate of drug-likeness (QED) is 0.547. The van der Waals surface area contributed by atoms with E-state index in [4.69, 9.17) is 11.6 Å². The second-order valence-electron chi connectivity index (χ2n) is 5.75. The number of rotatable bonds is 4. The predicted molar refractivity (Wildman–Crippen MR) is 97.8 cm³/mol. The van der Waals surface area contributed by atoms with Gasteiger partial charge in [-0.3, -0.25) is 4.99 Å². The number of alkyl halides is 1. The number of allylic oxidation sites excluding steroid dienone is 1. The van der Waals surface area contributed by atoms with Crippen molar-refractivity contribution < 1.29 is 14.3 Å². The molecule has 25 heavy (non-hydrogen) atoms. The van der Waals surface area contributed by atoms with E-state index in [0.717, 1.165) is 13.1 Å². The molecule has 1 fully saturated rings. The van der Waals surface area contributed by atoms with Crippen LogP contribution in [0.5, 0.6) is 0 Å². The molecule has 0 spiro atoms. The molecule has 2 heterocycles. The number of nitrogens with zero attached hydrogens (tertiary/aromatic N) is 1. The molecule has 0 aliphatic carbocycles. The summed E-state index contributed by atoms with van der Waals surface area (Å²) in [6.45, 7) is 2.32. The third kappa shape index (κ3) is 3.87. The Kier molecular flexibility index (Phi) is 5.73. The lowest BCUT2D eigenvalue weighted by Crippen LogP contribution is -2.56. The number of aliphatic imine (C=N–C) groups is 1. The van der Waals surface area contributed by atoms with E-state index in [9.17, 15) is 14.3 Å². The molecule has 4 N–H and O–H groups in total. The number of hydrogen-bond acceptors (Lipinski definition) is 5. The fourth-order valence-electron chi connectivity index (χ4n) is 2.95. The monoisotopic (exact) mass is 430 g/mol. The van der Waals surface area contributed by atoms with Gasteiger partial charge in [0, 0.05) is 41.2 Å². The highest BCUT2D eigenvalue weighted by Crippen LogP contribution is 2.35. The van der Waals surface area contributed by atoms with E-state index in [1.54, 1.807) is 0 Å². The summed E-state index contributed by atoms with van der Waals surface area (Å²) in [6, 6.07) is 3.03. The molecule has 1 aromatic carbocycles. The van der Waals surface area contributed by atoms with E-state index >= 15 is 0 Å². The first-order valence-electron chi connectivity index (χ1n) is 7.77. The van der Waals surface area contributed by atoms with Gasteiger partial charge in [0.15, 0.2) is 0 Å². The standard InChI is InChI=1S/C16H17BrClFN4O2/c17-6-11-13(16(24)25)14(9-2-1-8(19)5-10(9)18)23-15(22-11)12-7-20-3-4-21-12/h1-2,5,12,14,20-21H,3-4,6-7H2,(H,22,23)(H,24,25). The van der Waals surface area contributed by atoms with Gasteiger partial charge in [-0.1, -0.05) is 33.6 Å². The first kappa shape index (κ1) is 18.3. The molecule has 1 aromatic rings. The molecule has 0 radical (unpaired) electrons. The maximum absolute atomic E-state index is 13.4. The molecule has 3 rings (SSSR count). The fraction of sp³-hybridized carbons (Fsp3) is 0.375. The van der Waals surface area contributed by atoms with Gasteiger partial charge in [-0.25, -0.2) is 9.18 Å². The molecule has 9 heteroatoms. The Morgan fingerprint density at radius 3 is 2.84 bits per heavy atom. The molecule has 0 aromatic heterocycles. The van der Waals surface area contributed by atoms with E-state index in [1.807, 2.05) is 0 Å². The lowest BCUT2D eigenvalue weighted by atomic mass is 9.95. The Balaban J connectivity index is 2.06. The summed E-state index contributed by atoms with van der Waals surface area (Å²) < 4.78 is 13.4. The number of piperazine rings is 1. The lowest BCUT2D eigenvalue weighted by molar-refractivity contribution is -0.133. The third-order valence-electron chi connectivity index (χ3n) is 4.14. The summed E-state index contributed by atoms with van der Waals surface area (Å²) >= 11 is 9.51. The average Bonchev–Trinajstić information content (AvgIpc) is 2.61. The van der Waals surface area contributed by atoms with Gasteiger partial charge < -0.3 is 21.1 Å². The highest BCUT2D eigenvalue weighted by molar-refractivity contribution is 9.09. The fourth-order valence-corrected chi connectivity index (χ4v) is 3.66. The Hall–Kier alpha value is -1.48. The van der Waals surface area contributed by atoms with Crippen LogP contribution in [0.1, 0.15) is 11.6 Å². The van der Waals surface area contributed by atoms with Crippen molar-refractivity contribution in [1.82, 2.24) is 16.0 Å². The first-order valence-corrected chi connectivity index (χ1v) is 9.27. The smallest absolute Gasteiger partial charge is 0.335 e. The van der Waals surface area contributed by atoms with Crippen molar-refractivity contribution in [1.29, 1.82) is 0 Å². The first-order chi connectivity index (χ1) is 12.0. The van der Waals surface area contributed by atoms with Gasteiger partial charge in [0.25, 0.3) is 0 Å². The van der Waals surface area contributed by atoms with Crippen LogP contribution in [-0.2, 0) is 4.79 Å². The maximum atomic E-state index is 13.4. The highest BCUT2D eigenvalue weighted by Gasteiger charge is 2.33. The number of carboxylic acid groups (broad SMARTS) is 1. The van der Waals surface area contributed by atoms with E-state index in [1.165, 1.54) is 18.2 Å². The van der Waals surface area contributed by atoms with Crippen LogP contribution < -0.4 is 16.0 Å². The molecule has 134 valence electrons. The number of amidine groups is 1. The van der Waals surface area contributed by atoms with Crippen molar-refractivity contribution in [2.45, 2.75) is 12.1 Å². The zero-order chi connectivity index (χ0) is 18.0. The molecule has 6 nitrogen and oxygen atoms in total. The average molecular weight is 432 g/mol. The molecular formula is C16H17BrClFN4O2. The van der Waals surface area contributed by atoms with Gasteiger partial charge in [0.2, 0.25) is 0 Å². The van der Waals surface area contributed by atoms with Crippen LogP contribution in [0.2, 0.25) is 5.02 Å². The number of nitrogens with one attached hydrogen (secondary N) is 3. The van der Waals surface area contributed by atoms with Crippen molar-refractivity contribution in [3.8, 4) is 0 Å². The summed E-state index contributed by atoms with van der Waals surface area (Å²) in [5.41, 5.74) is 1.06. The highest BCUT2D eigenvalue weighted by atomic mass is 79.9. The molecule has 2 aliphatic rings. The Labute approximate surface area is 157 Å². The van der Waals surface area contributed by atoms with Crippen molar-refractivity contribution in [3.63, 3.8) is 0 Å². The molecule has 0 amide bonds. The van der Waals surface area contributed by atoms with Gasteiger partial charge in [0.1, 0.15) is 17.7 Å². The zero-order valence-electron chi connectivity index (χ0n) is 13.2. The van der Waals surface area contributed by atoms with E-state index < -0.39 is 17.8 Å². The largest absolute Gasteiger partial charge is 0.478 e. The van der Waals surface area contributed by atoms with Crippen LogP contribution in [0.15, 0.2) is 34.5 Å². The SMILES string of the molecule is O=C(O)C1=C(CBr)NC(C2CNCCN2)=NC1c1ccc(F)cc1Cl. The summed E-state index contributed by atoms with van der Waals surface area (Å²) in [5.74, 6) is -0.937. The van der Waals surface area contributed by atoms with Crippen LogP contribution in [0.3, 0.4) is 0 Å². The topological polar surface area (TPSA) is 85.8 Å². The molecule has 2 atom stereocenters. The molecule has 2 aliphatic heterocycles. The van der Waals surface area contributed by atoms with Crippen LogP contribution in [0.4, 0.5) is 4.39 Å². The second-order valence-corrected chi connectivity index (χ2v) is 6.72. The number of halogens is 3. The van der Waals surface area contributed by atoms with Crippen molar-refractivity contribution in [3.05, 3.63) is 45.9 Å². The lowest BCUT2D eigenvalue weighted by Gasteiger charge is -2.32. The Morgan fingerprint density at radius 1 is 1.44 bits per heavy atom. The van der Waals surface area contributed by atoms with Crippen LogP contribution >= 0.6 is 27.5 Å². The summed E-state index contributed by atoms with van der Waals surface area (Å²) in [6.07, 6.45) is 0. The van der Waals surface area contributed by atoms with Crippen molar-refractivity contribution >= 4 is 39.3 Å². The summed E-state index contributed by atoms with van der Waals surface area (Å²) in [7, 11) is 0. The number of carbonyl (C=O) groups is 1. The molecule has 2 unspecified atom stereocenters.